The SMILES string of the molecule is CCC(C)CN(CC)C(=O)C1CC(C)Nc2ccccc21. The Morgan fingerprint density at radius 3 is 2.76 bits per heavy atom. The number of amides is 1. The Hall–Kier alpha value is -1.51. The molecule has 1 heterocycles. The fraction of sp³-hybridized carbons (Fsp3) is 0.611. The number of carbonyl (C=O) groups excluding carboxylic acids is 1. The third-order valence-electron chi connectivity index (χ3n) is 4.55. The Bertz CT molecular complexity index is 486. The summed E-state index contributed by atoms with van der Waals surface area (Å²) in [5, 5.41) is 3.48. The third-order valence-corrected chi connectivity index (χ3v) is 4.55. The van der Waals surface area contributed by atoms with Gasteiger partial charge < -0.3 is 10.2 Å². The smallest absolute Gasteiger partial charge is 0.230 e. The van der Waals surface area contributed by atoms with Gasteiger partial charge in [-0.3, -0.25) is 4.79 Å². The van der Waals surface area contributed by atoms with E-state index >= 15 is 0 Å². The van der Waals surface area contributed by atoms with E-state index in [1.165, 1.54) is 0 Å². The minimum atomic E-state index is 0.00135. The molecule has 0 saturated carbocycles. The lowest BCUT2D eigenvalue weighted by Gasteiger charge is -2.34. The number of benzene rings is 1. The van der Waals surface area contributed by atoms with Crippen molar-refractivity contribution in [2.24, 2.45) is 5.92 Å². The Labute approximate surface area is 128 Å². The van der Waals surface area contributed by atoms with E-state index in [2.05, 4.69) is 45.1 Å². The molecule has 0 fully saturated rings. The minimum absolute atomic E-state index is 0.00135. The molecular formula is C18H28N2O. The topological polar surface area (TPSA) is 32.3 Å². The molecule has 1 aromatic rings. The van der Waals surface area contributed by atoms with Gasteiger partial charge in [0.1, 0.15) is 0 Å². The molecule has 3 nitrogen and oxygen atoms in total. The molecule has 3 unspecified atom stereocenters. The number of nitrogens with zero attached hydrogens (tertiary/aromatic N) is 1. The van der Waals surface area contributed by atoms with Crippen LogP contribution in [0.1, 0.15) is 52.0 Å². The van der Waals surface area contributed by atoms with E-state index in [0.717, 1.165) is 37.2 Å². The molecule has 1 N–H and O–H groups in total. The van der Waals surface area contributed by atoms with Gasteiger partial charge in [-0.15, -0.1) is 0 Å². The van der Waals surface area contributed by atoms with Gasteiger partial charge >= 0.3 is 0 Å². The van der Waals surface area contributed by atoms with Crippen molar-refractivity contribution < 1.29 is 4.79 Å². The van der Waals surface area contributed by atoms with Crippen LogP contribution in [-0.4, -0.2) is 29.9 Å². The van der Waals surface area contributed by atoms with Crippen molar-refractivity contribution in [2.45, 2.75) is 52.5 Å². The molecule has 1 aliphatic heterocycles. The van der Waals surface area contributed by atoms with E-state index in [1.807, 2.05) is 17.0 Å². The number of rotatable bonds is 5. The normalized spacial score (nSPS) is 22.1. The van der Waals surface area contributed by atoms with Crippen molar-refractivity contribution in [2.75, 3.05) is 18.4 Å². The zero-order valence-electron chi connectivity index (χ0n) is 13.7. The maximum absolute atomic E-state index is 13.0. The largest absolute Gasteiger partial charge is 0.382 e. The van der Waals surface area contributed by atoms with Crippen LogP contribution in [0.25, 0.3) is 0 Å². The zero-order valence-corrected chi connectivity index (χ0v) is 13.7. The van der Waals surface area contributed by atoms with Gasteiger partial charge in [-0.2, -0.15) is 0 Å². The van der Waals surface area contributed by atoms with E-state index < -0.39 is 0 Å². The maximum Gasteiger partial charge on any atom is 0.230 e. The summed E-state index contributed by atoms with van der Waals surface area (Å²) in [4.78, 5) is 15.0. The van der Waals surface area contributed by atoms with Gasteiger partial charge in [0.2, 0.25) is 5.91 Å². The summed E-state index contributed by atoms with van der Waals surface area (Å²) in [6, 6.07) is 8.57. The van der Waals surface area contributed by atoms with Crippen LogP contribution in [0.4, 0.5) is 5.69 Å². The van der Waals surface area contributed by atoms with Crippen LogP contribution >= 0.6 is 0 Å². The maximum atomic E-state index is 13.0. The molecule has 0 bridgehead atoms. The van der Waals surface area contributed by atoms with E-state index in [9.17, 15) is 4.79 Å². The summed E-state index contributed by atoms with van der Waals surface area (Å²) in [7, 11) is 0. The Balaban J connectivity index is 2.21. The van der Waals surface area contributed by atoms with Gasteiger partial charge in [-0.25, -0.2) is 0 Å². The second kappa shape index (κ2) is 6.97. The highest BCUT2D eigenvalue weighted by Gasteiger charge is 2.32. The fourth-order valence-corrected chi connectivity index (χ4v) is 3.07. The van der Waals surface area contributed by atoms with Crippen LogP contribution in [0.3, 0.4) is 0 Å². The van der Waals surface area contributed by atoms with Crippen LogP contribution in [-0.2, 0) is 4.79 Å². The van der Waals surface area contributed by atoms with Crippen LogP contribution in [0, 0.1) is 5.92 Å². The summed E-state index contributed by atoms with van der Waals surface area (Å²) in [5.41, 5.74) is 2.28. The Morgan fingerprint density at radius 1 is 1.38 bits per heavy atom. The number of nitrogens with one attached hydrogen (secondary N) is 1. The quantitative estimate of drug-likeness (QED) is 0.892. The second-order valence-corrected chi connectivity index (χ2v) is 6.31. The van der Waals surface area contributed by atoms with Gasteiger partial charge in [0, 0.05) is 24.8 Å². The number of hydrogen-bond donors (Lipinski definition) is 1. The highest BCUT2D eigenvalue weighted by Crippen LogP contribution is 2.35. The summed E-state index contributed by atoms with van der Waals surface area (Å²) >= 11 is 0. The van der Waals surface area contributed by atoms with Gasteiger partial charge in [0.15, 0.2) is 0 Å². The average molecular weight is 288 g/mol. The number of para-hydroxylation sites is 1. The Kier molecular flexibility index (Phi) is 5.27. The molecule has 0 spiro atoms. The molecule has 2 rings (SSSR count). The first-order valence-electron chi connectivity index (χ1n) is 8.21. The first kappa shape index (κ1) is 15.9. The lowest BCUT2D eigenvalue weighted by molar-refractivity contribution is -0.133. The summed E-state index contributed by atoms with van der Waals surface area (Å²) < 4.78 is 0. The van der Waals surface area contributed by atoms with Gasteiger partial charge in [0.05, 0.1) is 5.92 Å². The monoisotopic (exact) mass is 288 g/mol. The molecular weight excluding hydrogens is 260 g/mol. The van der Waals surface area contributed by atoms with Crippen LogP contribution in [0.15, 0.2) is 24.3 Å². The number of anilines is 1. The predicted molar refractivity (Wildman–Crippen MR) is 88.6 cm³/mol. The van der Waals surface area contributed by atoms with E-state index in [0.29, 0.717) is 17.9 Å². The first-order chi connectivity index (χ1) is 10.1. The summed E-state index contributed by atoms with van der Waals surface area (Å²) in [6.07, 6.45) is 2.00. The van der Waals surface area contributed by atoms with Crippen LogP contribution < -0.4 is 5.32 Å². The summed E-state index contributed by atoms with van der Waals surface area (Å²) in [6.45, 7) is 10.3. The number of carbonyl (C=O) groups is 1. The highest BCUT2D eigenvalue weighted by atomic mass is 16.2. The number of likely N-dealkylation sites (N-methyl/N-ethyl adjacent to an activating group) is 1. The lowest BCUT2D eigenvalue weighted by Crippen LogP contribution is -2.41. The first-order valence-corrected chi connectivity index (χ1v) is 8.21. The minimum Gasteiger partial charge on any atom is -0.382 e. The molecule has 1 amide bonds. The van der Waals surface area contributed by atoms with Crippen LogP contribution in [0.2, 0.25) is 0 Å². The molecule has 1 aromatic carbocycles. The zero-order chi connectivity index (χ0) is 15.4. The summed E-state index contributed by atoms with van der Waals surface area (Å²) in [5.74, 6) is 0.850. The van der Waals surface area contributed by atoms with Crippen molar-refractivity contribution in [1.82, 2.24) is 4.90 Å². The molecule has 21 heavy (non-hydrogen) atoms. The third kappa shape index (κ3) is 3.58. The van der Waals surface area contributed by atoms with Gasteiger partial charge in [-0.1, -0.05) is 38.5 Å². The van der Waals surface area contributed by atoms with Crippen molar-refractivity contribution in [3.63, 3.8) is 0 Å². The van der Waals surface area contributed by atoms with Crippen molar-refractivity contribution in [3.05, 3.63) is 29.8 Å². The van der Waals surface area contributed by atoms with Crippen molar-refractivity contribution in [3.8, 4) is 0 Å². The molecule has 3 atom stereocenters. The number of fused-ring (bicyclic) bond motifs is 1. The van der Waals surface area contributed by atoms with Gasteiger partial charge in [0.25, 0.3) is 0 Å². The molecule has 3 heteroatoms. The second-order valence-electron chi connectivity index (χ2n) is 6.31. The van der Waals surface area contributed by atoms with Crippen LogP contribution in [0.5, 0.6) is 0 Å². The van der Waals surface area contributed by atoms with E-state index in [4.69, 9.17) is 0 Å². The molecule has 1 aliphatic rings. The highest BCUT2D eigenvalue weighted by molar-refractivity contribution is 5.86. The lowest BCUT2D eigenvalue weighted by atomic mass is 9.86. The average Bonchev–Trinajstić information content (AvgIpc) is 2.50. The van der Waals surface area contributed by atoms with E-state index in [1.54, 1.807) is 0 Å². The predicted octanol–water partition coefficient (Wildman–Crippen LogP) is 3.87. The van der Waals surface area contributed by atoms with Crippen molar-refractivity contribution >= 4 is 11.6 Å². The number of hydrogen-bond acceptors (Lipinski definition) is 2. The molecule has 0 radical (unpaired) electrons. The van der Waals surface area contributed by atoms with Gasteiger partial charge in [-0.05, 0) is 37.8 Å². The standard InChI is InChI=1S/C18H28N2O/c1-5-13(3)12-20(6-2)18(21)16-11-14(4)19-17-10-8-7-9-15(16)17/h7-10,13-14,16,19H,5-6,11-12H2,1-4H3. The fourth-order valence-electron chi connectivity index (χ4n) is 3.07. The molecule has 0 aliphatic carbocycles. The molecule has 116 valence electrons. The van der Waals surface area contributed by atoms with Crippen molar-refractivity contribution in [1.29, 1.82) is 0 Å². The van der Waals surface area contributed by atoms with E-state index in [-0.39, 0.29) is 5.92 Å². The Morgan fingerprint density at radius 2 is 2.10 bits per heavy atom. The molecule has 0 saturated heterocycles. The molecule has 0 aromatic heterocycles.